The molecular weight excluding hydrogens is 390 g/mol. The van der Waals surface area contributed by atoms with Gasteiger partial charge in [-0.2, -0.15) is 0 Å². The van der Waals surface area contributed by atoms with Crippen molar-refractivity contribution in [1.82, 2.24) is 9.88 Å². The Balaban J connectivity index is 1.59. The first-order valence-electron chi connectivity index (χ1n) is 11.2. The highest BCUT2D eigenvalue weighted by Gasteiger charge is 2.49. The molecule has 1 aliphatic heterocycles. The number of fused-ring (bicyclic) bond motifs is 3. The van der Waals surface area contributed by atoms with Gasteiger partial charge in [0, 0.05) is 23.9 Å². The van der Waals surface area contributed by atoms with E-state index in [4.69, 9.17) is 4.42 Å². The summed E-state index contributed by atoms with van der Waals surface area (Å²) in [6, 6.07) is 11.6. The molecule has 1 fully saturated rings. The number of hydrogen-bond donors (Lipinski definition) is 1. The van der Waals surface area contributed by atoms with E-state index >= 15 is 0 Å². The Kier molecular flexibility index (Phi) is 4.68. The number of hydrogen-bond acceptors (Lipinski definition) is 3. The van der Waals surface area contributed by atoms with Crippen LogP contribution in [0.25, 0.3) is 11.1 Å². The average Bonchev–Trinajstić information content (AvgIpc) is 3.33. The lowest BCUT2D eigenvalue weighted by molar-refractivity contribution is -0.127. The van der Waals surface area contributed by atoms with Crippen molar-refractivity contribution < 1.29 is 14.0 Å². The summed E-state index contributed by atoms with van der Waals surface area (Å²) in [5.41, 5.74) is 2.84. The van der Waals surface area contributed by atoms with Gasteiger partial charge in [-0.1, -0.05) is 37.5 Å². The molecule has 1 aliphatic carbocycles. The van der Waals surface area contributed by atoms with E-state index in [-0.39, 0.29) is 17.9 Å². The molecule has 3 aromatic rings. The summed E-state index contributed by atoms with van der Waals surface area (Å²) >= 11 is 0. The minimum Gasteiger partial charge on any atom is -0.463 e. The maximum Gasteiger partial charge on any atom is 0.276 e. The van der Waals surface area contributed by atoms with Crippen LogP contribution in [0.4, 0.5) is 5.69 Å². The lowest BCUT2D eigenvalue weighted by Crippen LogP contribution is -2.65. The fourth-order valence-corrected chi connectivity index (χ4v) is 5.17. The Hall–Kier alpha value is -3.02. The molecule has 3 atom stereocenters. The van der Waals surface area contributed by atoms with Crippen LogP contribution >= 0.6 is 0 Å². The van der Waals surface area contributed by atoms with Crippen molar-refractivity contribution in [3.63, 3.8) is 0 Å². The van der Waals surface area contributed by atoms with E-state index in [1.165, 1.54) is 6.42 Å². The Morgan fingerprint density at radius 2 is 1.90 bits per heavy atom. The number of carbonyl (C=O) groups excluding carboxylic acids is 2. The van der Waals surface area contributed by atoms with E-state index in [0.717, 1.165) is 36.0 Å². The van der Waals surface area contributed by atoms with Gasteiger partial charge >= 0.3 is 0 Å². The normalized spacial score (nSPS) is 26.2. The van der Waals surface area contributed by atoms with Gasteiger partial charge in [0.15, 0.2) is 5.58 Å². The molecule has 0 saturated heterocycles. The summed E-state index contributed by atoms with van der Waals surface area (Å²) in [6.45, 7) is 6.47. The first-order chi connectivity index (χ1) is 14.9. The predicted molar refractivity (Wildman–Crippen MR) is 120 cm³/mol. The number of nitrogens with one attached hydrogen (secondary N) is 1. The predicted octanol–water partition coefficient (Wildman–Crippen LogP) is 4.66. The summed E-state index contributed by atoms with van der Waals surface area (Å²) < 4.78 is 7.47. The second kappa shape index (κ2) is 7.29. The molecule has 1 aromatic carbocycles. The molecule has 162 valence electrons. The number of carbonyl (C=O) groups is 2. The van der Waals surface area contributed by atoms with E-state index in [2.05, 4.69) is 12.2 Å². The smallest absolute Gasteiger partial charge is 0.276 e. The number of benzene rings is 1. The highest BCUT2D eigenvalue weighted by atomic mass is 16.3. The second-order valence-electron chi connectivity index (χ2n) is 9.38. The summed E-state index contributed by atoms with van der Waals surface area (Å²) in [5, 5.41) is 3.31. The van der Waals surface area contributed by atoms with Crippen molar-refractivity contribution in [3.8, 4) is 0 Å². The lowest BCUT2D eigenvalue weighted by Gasteiger charge is -2.45. The molecule has 31 heavy (non-hydrogen) atoms. The molecule has 0 spiro atoms. The monoisotopic (exact) mass is 419 g/mol. The van der Waals surface area contributed by atoms with Crippen molar-refractivity contribution in [1.29, 1.82) is 0 Å². The molecule has 1 saturated carbocycles. The third kappa shape index (κ3) is 3.16. The molecule has 5 rings (SSSR count). The zero-order valence-electron chi connectivity index (χ0n) is 18.4. The van der Waals surface area contributed by atoms with Crippen LogP contribution < -0.4 is 10.2 Å². The number of amides is 2. The molecule has 0 unspecified atom stereocenters. The molecular formula is C25H29N3O3. The maximum atomic E-state index is 13.8. The zero-order chi connectivity index (χ0) is 21.8. The summed E-state index contributed by atoms with van der Waals surface area (Å²) in [5.74, 6) is 0.156. The first-order valence-corrected chi connectivity index (χ1v) is 11.2. The van der Waals surface area contributed by atoms with Gasteiger partial charge in [0.2, 0.25) is 5.91 Å². The Morgan fingerprint density at radius 3 is 2.65 bits per heavy atom. The van der Waals surface area contributed by atoms with E-state index in [0.29, 0.717) is 23.7 Å². The molecule has 6 nitrogen and oxygen atoms in total. The largest absolute Gasteiger partial charge is 0.463 e. The Bertz CT molecular complexity index is 1140. The fourth-order valence-electron chi connectivity index (χ4n) is 5.17. The molecule has 0 radical (unpaired) electrons. The number of aromatic nitrogens is 1. The second-order valence-corrected chi connectivity index (χ2v) is 9.38. The minimum absolute atomic E-state index is 0.101. The van der Waals surface area contributed by atoms with Crippen LogP contribution in [0.15, 0.2) is 47.1 Å². The van der Waals surface area contributed by atoms with Gasteiger partial charge in [-0.15, -0.1) is 0 Å². The van der Waals surface area contributed by atoms with Gasteiger partial charge in [-0.25, -0.2) is 0 Å². The topological polar surface area (TPSA) is 67.5 Å². The van der Waals surface area contributed by atoms with Crippen molar-refractivity contribution in [3.05, 3.63) is 53.9 Å². The Morgan fingerprint density at radius 1 is 1.16 bits per heavy atom. The van der Waals surface area contributed by atoms with Crippen LogP contribution in [0.1, 0.15) is 55.6 Å². The number of nitrogens with zero attached hydrogens (tertiary/aromatic N) is 2. The van der Waals surface area contributed by atoms with Crippen LogP contribution in [0.5, 0.6) is 0 Å². The van der Waals surface area contributed by atoms with Crippen LogP contribution in [0.2, 0.25) is 0 Å². The van der Waals surface area contributed by atoms with Crippen molar-refractivity contribution in [2.24, 2.45) is 5.92 Å². The highest BCUT2D eigenvalue weighted by molar-refractivity contribution is 6.13. The van der Waals surface area contributed by atoms with Crippen molar-refractivity contribution >= 4 is 28.6 Å². The summed E-state index contributed by atoms with van der Waals surface area (Å²) in [6.07, 6.45) is 6.08. The number of furan rings is 1. The average molecular weight is 420 g/mol. The van der Waals surface area contributed by atoms with Crippen LogP contribution in [-0.4, -0.2) is 28.0 Å². The van der Waals surface area contributed by atoms with Crippen molar-refractivity contribution in [2.45, 2.75) is 64.6 Å². The van der Waals surface area contributed by atoms with Crippen LogP contribution in [-0.2, 0) is 11.3 Å². The molecule has 6 heteroatoms. The van der Waals surface area contributed by atoms with Crippen LogP contribution in [0.3, 0.4) is 0 Å². The standard InChI is InChI=1S/C25H29N3O3/c1-16-8-10-18(11-9-16)28-23(29)21-14-22-20(12-13-31-22)27(21)15-25(28,3)24(30)26-19-7-5-4-6-17(19)2/h8-14,17,19H,4-7,15H2,1-3H3,(H,26,30)/t17-,19-,25+/m0/s1. The maximum absolute atomic E-state index is 13.8. The number of anilines is 1. The zero-order valence-corrected chi connectivity index (χ0v) is 18.4. The number of rotatable bonds is 3. The third-order valence-corrected chi connectivity index (χ3v) is 7.11. The van der Waals surface area contributed by atoms with E-state index in [9.17, 15) is 9.59 Å². The lowest BCUT2D eigenvalue weighted by atomic mass is 9.84. The van der Waals surface area contributed by atoms with E-state index < -0.39 is 5.54 Å². The number of aryl methyl sites for hydroxylation is 1. The fraction of sp³-hybridized carbons (Fsp3) is 0.440. The van der Waals surface area contributed by atoms with Gasteiger partial charge in [-0.3, -0.25) is 14.5 Å². The molecule has 2 aliphatic rings. The first kappa shape index (κ1) is 19.9. The Labute approximate surface area is 182 Å². The third-order valence-electron chi connectivity index (χ3n) is 7.11. The molecule has 2 aromatic heterocycles. The van der Waals surface area contributed by atoms with Gasteiger partial charge in [0.25, 0.3) is 5.91 Å². The highest BCUT2D eigenvalue weighted by Crippen LogP contribution is 2.37. The van der Waals surface area contributed by atoms with Crippen molar-refractivity contribution in [2.75, 3.05) is 4.90 Å². The molecule has 2 amide bonds. The molecule has 0 bridgehead atoms. The quantitative estimate of drug-likeness (QED) is 0.672. The van der Waals surface area contributed by atoms with E-state index in [1.54, 1.807) is 17.2 Å². The molecule has 3 heterocycles. The van der Waals surface area contributed by atoms with Gasteiger partial charge in [-0.05, 0) is 44.7 Å². The summed E-state index contributed by atoms with van der Waals surface area (Å²) in [7, 11) is 0. The summed E-state index contributed by atoms with van der Waals surface area (Å²) in [4.78, 5) is 29.2. The SMILES string of the molecule is Cc1ccc(N2C(=O)c3cc4occc4n3C[C@]2(C)C(=O)N[C@H]2CCCC[C@@H]2C)cc1. The molecule has 1 N–H and O–H groups in total. The van der Waals surface area contributed by atoms with Crippen LogP contribution in [0, 0.1) is 12.8 Å². The van der Waals surface area contributed by atoms with Gasteiger partial charge in [0.05, 0.1) is 18.3 Å². The van der Waals surface area contributed by atoms with Gasteiger partial charge in [0.1, 0.15) is 11.2 Å². The minimum atomic E-state index is -1.06. The van der Waals surface area contributed by atoms with E-state index in [1.807, 2.05) is 48.7 Å². The van der Waals surface area contributed by atoms with Gasteiger partial charge < -0.3 is 14.3 Å².